The minimum atomic E-state index is -0.0684. The van der Waals surface area contributed by atoms with Gasteiger partial charge in [-0.25, -0.2) is 4.98 Å². The van der Waals surface area contributed by atoms with Crippen molar-refractivity contribution in [2.45, 2.75) is 30.4 Å². The standard InChI is InChI=1S/C15H16N2OS2/c1-9-14(19-2)20-15(16-9)17-13(18)12-7-6-10-4-3-5-11(10)8-12/h6-8H,3-5H2,1-2H3,(H,16,17,18). The Morgan fingerprint density at radius 3 is 2.90 bits per heavy atom. The van der Waals surface area contributed by atoms with Crippen LogP contribution in [0.15, 0.2) is 22.4 Å². The number of fused-ring (bicyclic) bond motifs is 1. The van der Waals surface area contributed by atoms with E-state index in [2.05, 4.69) is 16.4 Å². The van der Waals surface area contributed by atoms with Crippen LogP contribution in [-0.2, 0) is 12.8 Å². The lowest BCUT2D eigenvalue weighted by molar-refractivity contribution is 0.102. The zero-order valence-electron chi connectivity index (χ0n) is 11.5. The van der Waals surface area contributed by atoms with Crippen molar-refractivity contribution in [3.05, 3.63) is 40.6 Å². The summed E-state index contributed by atoms with van der Waals surface area (Å²) in [4.78, 5) is 16.7. The number of anilines is 1. The van der Waals surface area contributed by atoms with E-state index in [1.165, 1.54) is 28.9 Å². The Balaban J connectivity index is 1.78. The van der Waals surface area contributed by atoms with Gasteiger partial charge in [0.25, 0.3) is 5.91 Å². The molecule has 1 N–H and O–H groups in total. The maximum Gasteiger partial charge on any atom is 0.257 e. The number of benzene rings is 1. The Bertz CT molecular complexity index is 664. The minimum Gasteiger partial charge on any atom is -0.298 e. The summed E-state index contributed by atoms with van der Waals surface area (Å²) in [7, 11) is 0. The van der Waals surface area contributed by atoms with Gasteiger partial charge in [-0.1, -0.05) is 17.4 Å². The first-order valence-corrected chi connectivity index (χ1v) is 8.66. The molecule has 0 radical (unpaired) electrons. The lowest BCUT2D eigenvalue weighted by atomic mass is 10.1. The number of nitrogens with zero attached hydrogens (tertiary/aromatic N) is 1. The third kappa shape index (κ3) is 2.60. The van der Waals surface area contributed by atoms with Gasteiger partial charge in [-0.15, -0.1) is 11.8 Å². The number of rotatable bonds is 3. The molecule has 3 nitrogen and oxygen atoms in total. The molecule has 3 rings (SSSR count). The Hall–Kier alpha value is -1.33. The van der Waals surface area contributed by atoms with Crippen LogP contribution in [0.3, 0.4) is 0 Å². The van der Waals surface area contributed by atoms with E-state index < -0.39 is 0 Å². The molecule has 2 aromatic rings. The Kier molecular flexibility index (Phi) is 3.81. The Morgan fingerprint density at radius 1 is 1.35 bits per heavy atom. The van der Waals surface area contributed by atoms with Gasteiger partial charge in [-0.05, 0) is 55.7 Å². The van der Waals surface area contributed by atoms with Crippen LogP contribution in [0.4, 0.5) is 5.13 Å². The van der Waals surface area contributed by atoms with Gasteiger partial charge in [-0.3, -0.25) is 10.1 Å². The van der Waals surface area contributed by atoms with Gasteiger partial charge in [0.05, 0.1) is 9.90 Å². The fourth-order valence-corrected chi connectivity index (χ4v) is 4.11. The van der Waals surface area contributed by atoms with Crippen molar-refractivity contribution in [3.8, 4) is 0 Å². The first-order chi connectivity index (χ1) is 9.67. The molecule has 0 atom stereocenters. The molecule has 0 saturated carbocycles. The van der Waals surface area contributed by atoms with Crippen molar-refractivity contribution in [2.24, 2.45) is 0 Å². The van der Waals surface area contributed by atoms with E-state index in [4.69, 9.17) is 0 Å². The zero-order chi connectivity index (χ0) is 14.1. The van der Waals surface area contributed by atoms with Gasteiger partial charge >= 0.3 is 0 Å². The summed E-state index contributed by atoms with van der Waals surface area (Å²) < 4.78 is 1.15. The first-order valence-electron chi connectivity index (χ1n) is 6.62. The molecule has 1 aromatic carbocycles. The predicted octanol–water partition coefficient (Wildman–Crippen LogP) is 3.91. The van der Waals surface area contributed by atoms with Crippen molar-refractivity contribution in [1.82, 2.24) is 4.98 Å². The van der Waals surface area contributed by atoms with E-state index in [0.717, 1.165) is 28.3 Å². The minimum absolute atomic E-state index is 0.0684. The van der Waals surface area contributed by atoms with Crippen molar-refractivity contribution in [3.63, 3.8) is 0 Å². The number of hydrogen-bond donors (Lipinski definition) is 1. The van der Waals surface area contributed by atoms with Crippen LogP contribution in [0.1, 0.15) is 33.6 Å². The monoisotopic (exact) mass is 304 g/mol. The number of aromatic nitrogens is 1. The normalized spacial score (nSPS) is 13.3. The maximum atomic E-state index is 12.3. The van der Waals surface area contributed by atoms with E-state index in [1.54, 1.807) is 11.8 Å². The molecule has 20 heavy (non-hydrogen) atoms. The fourth-order valence-electron chi connectivity index (χ4n) is 2.51. The molecular weight excluding hydrogens is 288 g/mol. The highest BCUT2D eigenvalue weighted by atomic mass is 32.2. The number of carbonyl (C=O) groups excluding carboxylic acids is 1. The molecule has 0 unspecified atom stereocenters. The van der Waals surface area contributed by atoms with Crippen molar-refractivity contribution < 1.29 is 4.79 Å². The van der Waals surface area contributed by atoms with Gasteiger partial charge in [-0.2, -0.15) is 0 Å². The number of aryl methyl sites for hydroxylation is 3. The molecule has 0 saturated heterocycles. The Morgan fingerprint density at radius 2 is 2.15 bits per heavy atom. The van der Waals surface area contributed by atoms with Crippen molar-refractivity contribution >= 4 is 34.1 Å². The smallest absolute Gasteiger partial charge is 0.257 e. The number of amides is 1. The van der Waals surface area contributed by atoms with Crippen LogP contribution >= 0.6 is 23.1 Å². The topological polar surface area (TPSA) is 42.0 Å². The molecule has 1 aromatic heterocycles. The highest BCUT2D eigenvalue weighted by molar-refractivity contribution is 8.00. The quantitative estimate of drug-likeness (QED) is 0.874. The first kappa shape index (κ1) is 13.6. The molecule has 1 amide bonds. The summed E-state index contributed by atoms with van der Waals surface area (Å²) in [6, 6.07) is 6.01. The van der Waals surface area contributed by atoms with Gasteiger partial charge in [0.1, 0.15) is 0 Å². The predicted molar refractivity (Wildman–Crippen MR) is 85.1 cm³/mol. The molecule has 1 aliphatic rings. The summed E-state index contributed by atoms with van der Waals surface area (Å²) in [5.41, 5.74) is 4.41. The highest BCUT2D eigenvalue weighted by Crippen LogP contribution is 2.30. The van der Waals surface area contributed by atoms with E-state index >= 15 is 0 Å². The van der Waals surface area contributed by atoms with E-state index in [0.29, 0.717) is 5.13 Å². The summed E-state index contributed by atoms with van der Waals surface area (Å²) in [5.74, 6) is -0.0684. The van der Waals surface area contributed by atoms with Gasteiger partial charge in [0.15, 0.2) is 5.13 Å². The average Bonchev–Trinajstić information content (AvgIpc) is 3.03. The van der Waals surface area contributed by atoms with Gasteiger partial charge < -0.3 is 0 Å². The maximum absolute atomic E-state index is 12.3. The number of nitrogens with one attached hydrogen (secondary N) is 1. The van der Waals surface area contributed by atoms with E-state index in [-0.39, 0.29) is 5.91 Å². The van der Waals surface area contributed by atoms with Crippen LogP contribution in [0.5, 0.6) is 0 Å². The van der Waals surface area contributed by atoms with Crippen molar-refractivity contribution in [2.75, 3.05) is 11.6 Å². The molecule has 1 aliphatic carbocycles. The molecule has 0 bridgehead atoms. The van der Waals surface area contributed by atoms with Crippen LogP contribution in [0.2, 0.25) is 0 Å². The second-order valence-electron chi connectivity index (χ2n) is 4.89. The van der Waals surface area contributed by atoms with Crippen molar-refractivity contribution in [1.29, 1.82) is 0 Å². The molecule has 5 heteroatoms. The lowest BCUT2D eigenvalue weighted by Gasteiger charge is -2.04. The molecule has 0 spiro atoms. The van der Waals surface area contributed by atoms with Crippen LogP contribution in [0, 0.1) is 6.92 Å². The third-order valence-electron chi connectivity index (χ3n) is 3.52. The third-order valence-corrected chi connectivity index (χ3v) is 5.80. The summed E-state index contributed by atoms with van der Waals surface area (Å²) in [5, 5.41) is 3.58. The Labute approximate surface area is 126 Å². The number of carbonyl (C=O) groups is 1. The highest BCUT2D eigenvalue weighted by Gasteiger charge is 2.15. The van der Waals surface area contributed by atoms with Gasteiger partial charge in [0, 0.05) is 5.56 Å². The summed E-state index contributed by atoms with van der Waals surface area (Å²) >= 11 is 3.19. The second-order valence-corrected chi connectivity index (χ2v) is 6.96. The molecule has 0 fully saturated rings. The fraction of sp³-hybridized carbons (Fsp3) is 0.333. The van der Waals surface area contributed by atoms with Gasteiger partial charge in [0.2, 0.25) is 0 Å². The molecule has 104 valence electrons. The molecule has 1 heterocycles. The number of thiazole rings is 1. The number of hydrogen-bond acceptors (Lipinski definition) is 4. The lowest BCUT2D eigenvalue weighted by Crippen LogP contribution is -2.12. The molecule has 0 aliphatic heterocycles. The molecular formula is C15H16N2OS2. The van der Waals surface area contributed by atoms with Crippen LogP contribution in [0.25, 0.3) is 0 Å². The largest absolute Gasteiger partial charge is 0.298 e. The van der Waals surface area contributed by atoms with E-state index in [9.17, 15) is 4.79 Å². The summed E-state index contributed by atoms with van der Waals surface area (Å²) in [6.45, 7) is 1.97. The SMILES string of the molecule is CSc1sc(NC(=O)c2ccc3c(c2)CCC3)nc1C. The summed E-state index contributed by atoms with van der Waals surface area (Å²) in [6.07, 6.45) is 5.44. The van der Waals surface area contributed by atoms with Crippen LogP contribution < -0.4 is 5.32 Å². The second kappa shape index (κ2) is 5.58. The van der Waals surface area contributed by atoms with E-state index in [1.807, 2.05) is 25.3 Å². The zero-order valence-corrected chi connectivity index (χ0v) is 13.2. The van der Waals surface area contributed by atoms with Crippen LogP contribution in [-0.4, -0.2) is 17.1 Å². The average molecular weight is 304 g/mol. The number of thioether (sulfide) groups is 1.